The summed E-state index contributed by atoms with van der Waals surface area (Å²) in [5, 5.41) is 0.923. The van der Waals surface area contributed by atoms with E-state index in [0.717, 1.165) is 5.56 Å². The minimum atomic E-state index is -0.369. The molecule has 0 radical (unpaired) electrons. The van der Waals surface area contributed by atoms with E-state index < -0.39 is 0 Å². The number of halogens is 2. The predicted octanol–water partition coefficient (Wildman–Crippen LogP) is 4.36. The summed E-state index contributed by atoms with van der Waals surface area (Å²) < 4.78 is 10.2. The Morgan fingerprint density at radius 1 is 1.05 bits per heavy atom. The summed E-state index contributed by atoms with van der Waals surface area (Å²) in [4.78, 5) is 11.3. The van der Waals surface area contributed by atoms with Crippen molar-refractivity contribution in [2.75, 3.05) is 7.11 Å². The van der Waals surface area contributed by atoms with E-state index in [1.807, 2.05) is 0 Å². The van der Waals surface area contributed by atoms with Crippen LogP contribution in [0.5, 0.6) is 5.75 Å². The maximum absolute atomic E-state index is 11.3. The fourth-order valence-electron chi connectivity index (χ4n) is 1.63. The summed E-state index contributed by atoms with van der Waals surface area (Å²) in [6.45, 7) is 0.310. The van der Waals surface area contributed by atoms with Crippen molar-refractivity contribution in [2.45, 2.75) is 6.61 Å². The van der Waals surface area contributed by atoms with Crippen LogP contribution in [0.4, 0.5) is 0 Å². The van der Waals surface area contributed by atoms with Crippen LogP contribution >= 0.6 is 23.2 Å². The van der Waals surface area contributed by atoms with Gasteiger partial charge in [0.1, 0.15) is 6.61 Å². The molecule has 104 valence electrons. The zero-order valence-electron chi connectivity index (χ0n) is 10.7. The van der Waals surface area contributed by atoms with Crippen LogP contribution in [0, 0.1) is 0 Å². The summed E-state index contributed by atoms with van der Waals surface area (Å²) in [7, 11) is 1.35. The first kappa shape index (κ1) is 14.7. The van der Waals surface area contributed by atoms with Crippen LogP contribution in [0.25, 0.3) is 0 Å². The molecular weight excluding hydrogens is 299 g/mol. The molecule has 0 N–H and O–H groups in total. The molecule has 0 amide bonds. The van der Waals surface area contributed by atoms with E-state index in [4.69, 9.17) is 27.9 Å². The van der Waals surface area contributed by atoms with Crippen molar-refractivity contribution in [3.63, 3.8) is 0 Å². The Morgan fingerprint density at radius 3 is 2.20 bits per heavy atom. The SMILES string of the molecule is COC(=O)c1ccc(COc2c(Cl)cccc2Cl)cc1. The molecule has 3 nitrogen and oxygen atoms in total. The van der Waals surface area contributed by atoms with Crippen molar-refractivity contribution >= 4 is 29.2 Å². The Bertz CT molecular complexity index is 589. The molecule has 0 aliphatic carbocycles. The lowest BCUT2D eigenvalue weighted by Crippen LogP contribution is -2.02. The minimum Gasteiger partial charge on any atom is -0.486 e. The van der Waals surface area contributed by atoms with Gasteiger partial charge in [0.05, 0.1) is 22.7 Å². The fraction of sp³-hybridized carbons (Fsp3) is 0.133. The standard InChI is InChI=1S/C15H12Cl2O3/c1-19-15(18)11-7-5-10(6-8-11)9-20-14-12(16)3-2-4-13(14)17/h2-8H,9H2,1H3. The zero-order chi connectivity index (χ0) is 14.5. The van der Waals surface area contributed by atoms with E-state index >= 15 is 0 Å². The third-order valence-electron chi connectivity index (χ3n) is 2.68. The first-order chi connectivity index (χ1) is 9.61. The lowest BCUT2D eigenvalue weighted by molar-refractivity contribution is 0.0600. The van der Waals surface area contributed by atoms with Crippen molar-refractivity contribution < 1.29 is 14.3 Å². The predicted molar refractivity (Wildman–Crippen MR) is 78.6 cm³/mol. The molecule has 0 aromatic heterocycles. The topological polar surface area (TPSA) is 35.5 Å². The molecule has 0 fully saturated rings. The van der Waals surface area contributed by atoms with Gasteiger partial charge in [-0.3, -0.25) is 0 Å². The van der Waals surface area contributed by atoms with Gasteiger partial charge in [-0.15, -0.1) is 0 Å². The van der Waals surface area contributed by atoms with Crippen molar-refractivity contribution in [3.05, 3.63) is 63.6 Å². The normalized spacial score (nSPS) is 10.2. The number of hydrogen-bond acceptors (Lipinski definition) is 3. The second kappa shape index (κ2) is 6.64. The van der Waals surface area contributed by atoms with E-state index in [9.17, 15) is 4.79 Å². The van der Waals surface area contributed by atoms with Crippen molar-refractivity contribution in [3.8, 4) is 5.75 Å². The largest absolute Gasteiger partial charge is 0.486 e. The molecule has 0 aliphatic rings. The number of hydrogen-bond donors (Lipinski definition) is 0. The van der Waals surface area contributed by atoms with Crippen molar-refractivity contribution in [2.24, 2.45) is 0 Å². The molecule has 2 rings (SSSR count). The average Bonchev–Trinajstić information content (AvgIpc) is 2.46. The van der Waals surface area contributed by atoms with E-state index in [2.05, 4.69) is 4.74 Å². The Balaban J connectivity index is 2.06. The van der Waals surface area contributed by atoms with Gasteiger partial charge in [-0.2, -0.15) is 0 Å². The Hall–Kier alpha value is -1.71. The molecule has 0 heterocycles. The maximum Gasteiger partial charge on any atom is 0.337 e. The molecule has 0 unspecified atom stereocenters. The highest BCUT2D eigenvalue weighted by Gasteiger charge is 2.08. The van der Waals surface area contributed by atoms with Crippen LogP contribution in [0.3, 0.4) is 0 Å². The van der Waals surface area contributed by atoms with Crippen LogP contribution in [-0.4, -0.2) is 13.1 Å². The van der Waals surface area contributed by atoms with Gasteiger partial charge < -0.3 is 9.47 Å². The summed E-state index contributed by atoms with van der Waals surface area (Å²) in [5.74, 6) is 0.0829. The summed E-state index contributed by atoms with van der Waals surface area (Å²) in [6, 6.07) is 12.1. The number of ether oxygens (including phenoxy) is 2. The fourth-order valence-corrected chi connectivity index (χ4v) is 2.14. The monoisotopic (exact) mass is 310 g/mol. The number of rotatable bonds is 4. The highest BCUT2D eigenvalue weighted by Crippen LogP contribution is 2.32. The summed E-state index contributed by atoms with van der Waals surface area (Å²) in [6.07, 6.45) is 0. The van der Waals surface area contributed by atoms with E-state index in [-0.39, 0.29) is 5.97 Å². The quantitative estimate of drug-likeness (QED) is 0.787. The molecule has 0 saturated heterocycles. The minimum absolute atomic E-state index is 0.310. The molecule has 20 heavy (non-hydrogen) atoms. The van der Waals surface area contributed by atoms with Crippen molar-refractivity contribution in [1.29, 1.82) is 0 Å². The van der Waals surface area contributed by atoms with Gasteiger partial charge in [0.15, 0.2) is 5.75 Å². The summed E-state index contributed by atoms with van der Waals surface area (Å²) >= 11 is 12.0. The Labute approximate surface area is 127 Å². The number of carbonyl (C=O) groups excluding carboxylic acids is 1. The molecule has 0 spiro atoms. The third-order valence-corrected chi connectivity index (χ3v) is 3.27. The Morgan fingerprint density at radius 2 is 1.65 bits per heavy atom. The van der Waals surface area contributed by atoms with E-state index in [0.29, 0.717) is 28.0 Å². The lowest BCUT2D eigenvalue weighted by atomic mass is 10.1. The molecule has 5 heteroatoms. The second-order valence-electron chi connectivity index (χ2n) is 4.03. The summed E-state index contributed by atoms with van der Waals surface area (Å²) in [5.41, 5.74) is 1.39. The average molecular weight is 311 g/mol. The molecule has 0 atom stereocenters. The highest BCUT2D eigenvalue weighted by atomic mass is 35.5. The van der Waals surface area contributed by atoms with Crippen LogP contribution in [-0.2, 0) is 11.3 Å². The van der Waals surface area contributed by atoms with E-state index in [1.54, 1.807) is 42.5 Å². The lowest BCUT2D eigenvalue weighted by Gasteiger charge is -2.10. The van der Waals surface area contributed by atoms with Gasteiger partial charge in [0.25, 0.3) is 0 Å². The maximum atomic E-state index is 11.3. The van der Waals surface area contributed by atoms with Gasteiger partial charge in [-0.05, 0) is 29.8 Å². The molecular formula is C15H12Cl2O3. The highest BCUT2D eigenvalue weighted by molar-refractivity contribution is 6.37. The van der Waals surface area contributed by atoms with Crippen LogP contribution < -0.4 is 4.74 Å². The van der Waals surface area contributed by atoms with Crippen molar-refractivity contribution in [1.82, 2.24) is 0 Å². The molecule has 2 aromatic carbocycles. The third kappa shape index (κ3) is 3.44. The van der Waals surface area contributed by atoms with Gasteiger partial charge >= 0.3 is 5.97 Å². The second-order valence-corrected chi connectivity index (χ2v) is 4.84. The first-order valence-corrected chi connectivity index (χ1v) is 6.61. The van der Waals surface area contributed by atoms with Crippen LogP contribution in [0.15, 0.2) is 42.5 Å². The van der Waals surface area contributed by atoms with Crippen LogP contribution in [0.1, 0.15) is 15.9 Å². The van der Waals surface area contributed by atoms with E-state index in [1.165, 1.54) is 7.11 Å². The van der Waals surface area contributed by atoms with Gasteiger partial charge in [-0.1, -0.05) is 41.4 Å². The number of benzene rings is 2. The molecule has 0 aliphatic heterocycles. The number of methoxy groups -OCH3 is 1. The first-order valence-electron chi connectivity index (χ1n) is 5.86. The number of para-hydroxylation sites is 1. The molecule has 0 saturated carbocycles. The van der Waals surface area contributed by atoms with Gasteiger partial charge in [0.2, 0.25) is 0 Å². The number of carbonyl (C=O) groups is 1. The zero-order valence-corrected chi connectivity index (χ0v) is 12.2. The van der Waals surface area contributed by atoms with Gasteiger partial charge in [-0.25, -0.2) is 4.79 Å². The molecule has 2 aromatic rings. The van der Waals surface area contributed by atoms with Crippen LogP contribution in [0.2, 0.25) is 10.0 Å². The molecule has 0 bridgehead atoms. The van der Waals surface area contributed by atoms with Gasteiger partial charge in [0, 0.05) is 0 Å². The number of esters is 1. The smallest absolute Gasteiger partial charge is 0.337 e. The Kier molecular flexibility index (Phi) is 4.88.